The Kier molecular flexibility index (Phi) is 4.82. The van der Waals surface area contributed by atoms with Crippen molar-refractivity contribution in [2.75, 3.05) is 22.4 Å². The van der Waals surface area contributed by atoms with E-state index in [0.29, 0.717) is 23.5 Å². The number of rotatable bonds is 4. The zero-order valence-corrected chi connectivity index (χ0v) is 14.9. The van der Waals surface area contributed by atoms with Gasteiger partial charge >= 0.3 is 0 Å². The van der Waals surface area contributed by atoms with Gasteiger partial charge in [-0.3, -0.25) is 9.10 Å². The van der Waals surface area contributed by atoms with E-state index >= 15 is 0 Å². The first kappa shape index (κ1) is 17.8. The lowest BCUT2D eigenvalue weighted by Crippen LogP contribution is -2.48. The summed E-state index contributed by atoms with van der Waals surface area (Å²) in [5.74, 6) is -0.102. The Morgan fingerprint density at radius 2 is 1.96 bits per heavy atom. The summed E-state index contributed by atoms with van der Waals surface area (Å²) in [6.07, 6.45) is 0.413. The Hall–Kier alpha value is -3.05. The number of nitrogens with zero attached hydrogens (tertiary/aromatic N) is 2. The normalized spacial score (nSPS) is 16.2. The smallest absolute Gasteiger partial charge is 0.267 e. The first-order chi connectivity index (χ1) is 12.4. The average Bonchev–Trinajstić information content (AvgIpc) is 2.62. The molecule has 2 aromatic carbocycles. The number of nitrogens with one attached hydrogen (secondary N) is 1. The molecule has 1 heterocycles. The highest BCUT2D eigenvalue weighted by atomic mass is 32.2. The number of hydrogen-bond donors (Lipinski definition) is 1. The highest BCUT2D eigenvalue weighted by Gasteiger charge is 2.34. The van der Waals surface area contributed by atoms with Gasteiger partial charge in [-0.25, -0.2) is 8.42 Å². The number of ether oxygens (including phenoxy) is 1. The van der Waals surface area contributed by atoms with Gasteiger partial charge in [0.1, 0.15) is 5.75 Å². The zero-order valence-electron chi connectivity index (χ0n) is 14.0. The molecule has 3 rings (SSSR count). The molecule has 0 aromatic heterocycles. The molecule has 26 heavy (non-hydrogen) atoms. The van der Waals surface area contributed by atoms with Gasteiger partial charge in [0.25, 0.3) is 5.91 Å². The quantitative estimate of drug-likeness (QED) is 0.885. The molecule has 7 nitrogen and oxygen atoms in total. The Balaban J connectivity index is 1.79. The number of amides is 1. The molecule has 0 fully saturated rings. The number of para-hydroxylation sites is 2. The zero-order chi connectivity index (χ0) is 18.7. The van der Waals surface area contributed by atoms with Gasteiger partial charge in [-0.2, -0.15) is 5.26 Å². The summed E-state index contributed by atoms with van der Waals surface area (Å²) in [6.45, 7) is -0.103. The minimum Gasteiger partial charge on any atom is -0.476 e. The van der Waals surface area contributed by atoms with Crippen LogP contribution in [-0.2, 0) is 21.2 Å². The minimum atomic E-state index is -3.55. The van der Waals surface area contributed by atoms with Crippen molar-refractivity contribution in [3.8, 4) is 11.8 Å². The van der Waals surface area contributed by atoms with Crippen LogP contribution in [0.2, 0.25) is 0 Å². The predicted molar refractivity (Wildman–Crippen MR) is 97.4 cm³/mol. The van der Waals surface area contributed by atoms with Crippen LogP contribution in [0.1, 0.15) is 5.56 Å². The molecule has 0 saturated heterocycles. The fourth-order valence-electron chi connectivity index (χ4n) is 2.67. The molecule has 1 aliphatic rings. The molecule has 0 spiro atoms. The second-order valence-corrected chi connectivity index (χ2v) is 7.80. The number of benzene rings is 2. The van der Waals surface area contributed by atoms with E-state index in [2.05, 4.69) is 11.4 Å². The van der Waals surface area contributed by atoms with Crippen molar-refractivity contribution in [3.63, 3.8) is 0 Å². The van der Waals surface area contributed by atoms with E-state index in [0.717, 1.165) is 11.8 Å². The topological polar surface area (TPSA) is 99.5 Å². The molecular weight excluding hydrogens is 354 g/mol. The van der Waals surface area contributed by atoms with Crippen LogP contribution in [0.3, 0.4) is 0 Å². The van der Waals surface area contributed by atoms with Gasteiger partial charge in [-0.1, -0.05) is 24.3 Å². The molecule has 0 bridgehead atoms. The standard InChI is InChI=1S/C18H17N3O4S/c1-26(23,24)21-12-17(25-16-5-3-2-4-15(16)21)18(22)20-14-8-6-13(7-9-14)10-11-19/h2-9,17H,10,12H2,1H3,(H,20,22)/t17-/m0/s1. The van der Waals surface area contributed by atoms with Crippen LogP contribution < -0.4 is 14.4 Å². The Morgan fingerprint density at radius 1 is 1.27 bits per heavy atom. The molecular formula is C18H17N3O4S. The summed E-state index contributed by atoms with van der Waals surface area (Å²) in [4.78, 5) is 12.6. The van der Waals surface area contributed by atoms with E-state index in [1.807, 2.05) is 0 Å². The number of carbonyl (C=O) groups is 1. The first-order valence-electron chi connectivity index (χ1n) is 7.88. The molecule has 1 aliphatic heterocycles. The van der Waals surface area contributed by atoms with Crippen LogP contribution in [0.15, 0.2) is 48.5 Å². The summed E-state index contributed by atoms with van der Waals surface area (Å²) >= 11 is 0. The number of sulfonamides is 1. The maximum atomic E-state index is 12.6. The van der Waals surface area contributed by atoms with Crippen LogP contribution >= 0.6 is 0 Å². The third-order valence-electron chi connectivity index (χ3n) is 3.93. The van der Waals surface area contributed by atoms with E-state index in [1.165, 1.54) is 4.31 Å². The lowest BCUT2D eigenvalue weighted by Gasteiger charge is -2.33. The molecule has 0 unspecified atom stereocenters. The van der Waals surface area contributed by atoms with Gasteiger partial charge < -0.3 is 10.1 Å². The Labute approximate surface area is 151 Å². The van der Waals surface area contributed by atoms with Crippen molar-refractivity contribution in [2.24, 2.45) is 0 Å². The third kappa shape index (κ3) is 3.78. The molecule has 2 aromatic rings. The molecule has 1 atom stereocenters. The van der Waals surface area contributed by atoms with Crippen LogP contribution in [0.4, 0.5) is 11.4 Å². The number of nitriles is 1. The first-order valence-corrected chi connectivity index (χ1v) is 9.73. The van der Waals surface area contributed by atoms with Gasteiger partial charge in [0.15, 0.2) is 6.10 Å². The van der Waals surface area contributed by atoms with Crippen molar-refractivity contribution in [1.82, 2.24) is 0 Å². The number of hydrogen-bond acceptors (Lipinski definition) is 5. The van der Waals surface area contributed by atoms with Crippen LogP contribution in [0.5, 0.6) is 5.75 Å². The van der Waals surface area contributed by atoms with E-state index in [-0.39, 0.29) is 6.54 Å². The Morgan fingerprint density at radius 3 is 2.62 bits per heavy atom. The molecule has 134 valence electrons. The molecule has 0 radical (unpaired) electrons. The van der Waals surface area contributed by atoms with Crippen LogP contribution in [0.25, 0.3) is 0 Å². The summed E-state index contributed by atoms with van der Waals surface area (Å²) in [5.41, 5.74) is 1.81. The highest BCUT2D eigenvalue weighted by Crippen LogP contribution is 2.34. The summed E-state index contributed by atoms with van der Waals surface area (Å²) in [7, 11) is -3.55. The predicted octanol–water partition coefficient (Wildman–Crippen LogP) is 1.92. The lowest BCUT2D eigenvalue weighted by molar-refractivity contribution is -0.122. The monoisotopic (exact) mass is 371 g/mol. The number of fused-ring (bicyclic) bond motifs is 1. The van der Waals surface area contributed by atoms with E-state index in [9.17, 15) is 13.2 Å². The maximum absolute atomic E-state index is 12.6. The van der Waals surface area contributed by atoms with Crippen molar-refractivity contribution in [3.05, 3.63) is 54.1 Å². The second kappa shape index (κ2) is 7.06. The highest BCUT2D eigenvalue weighted by molar-refractivity contribution is 7.92. The van der Waals surface area contributed by atoms with Crippen LogP contribution in [0, 0.1) is 11.3 Å². The van der Waals surface area contributed by atoms with Crippen molar-refractivity contribution in [2.45, 2.75) is 12.5 Å². The van der Waals surface area contributed by atoms with E-state index in [4.69, 9.17) is 10.00 Å². The summed E-state index contributed by atoms with van der Waals surface area (Å²) < 4.78 is 31.0. The van der Waals surface area contributed by atoms with Gasteiger partial charge in [0.05, 0.1) is 31.0 Å². The number of carbonyl (C=O) groups excluding carboxylic acids is 1. The minimum absolute atomic E-state index is 0.103. The molecule has 0 aliphatic carbocycles. The van der Waals surface area contributed by atoms with E-state index in [1.54, 1.807) is 48.5 Å². The fraction of sp³-hybridized carbons (Fsp3) is 0.222. The second-order valence-electron chi connectivity index (χ2n) is 5.89. The molecule has 1 amide bonds. The molecule has 0 saturated carbocycles. The summed E-state index contributed by atoms with van der Waals surface area (Å²) in [6, 6.07) is 15.6. The third-order valence-corrected chi connectivity index (χ3v) is 5.08. The van der Waals surface area contributed by atoms with Crippen molar-refractivity contribution >= 4 is 27.3 Å². The van der Waals surface area contributed by atoms with Crippen LogP contribution in [-0.4, -0.2) is 33.2 Å². The Bertz CT molecular complexity index is 965. The molecule has 8 heteroatoms. The lowest BCUT2D eigenvalue weighted by atomic mass is 10.1. The summed E-state index contributed by atoms with van der Waals surface area (Å²) in [5, 5.41) is 11.4. The fourth-order valence-corrected chi connectivity index (χ4v) is 3.59. The SMILES string of the molecule is CS(=O)(=O)N1C[C@@H](C(=O)Nc2ccc(CC#N)cc2)Oc2ccccc21. The van der Waals surface area contributed by atoms with Gasteiger partial charge in [0, 0.05) is 5.69 Å². The van der Waals surface area contributed by atoms with E-state index < -0.39 is 22.0 Å². The number of anilines is 2. The van der Waals surface area contributed by atoms with Crippen molar-refractivity contribution < 1.29 is 17.9 Å². The largest absolute Gasteiger partial charge is 0.476 e. The van der Waals surface area contributed by atoms with Gasteiger partial charge in [0.2, 0.25) is 10.0 Å². The average molecular weight is 371 g/mol. The van der Waals surface area contributed by atoms with Gasteiger partial charge in [-0.15, -0.1) is 0 Å². The van der Waals surface area contributed by atoms with Gasteiger partial charge in [-0.05, 0) is 29.8 Å². The maximum Gasteiger partial charge on any atom is 0.267 e. The molecule has 1 N–H and O–H groups in total. The van der Waals surface area contributed by atoms with Crippen molar-refractivity contribution in [1.29, 1.82) is 5.26 Å².